The minimum atomic E-state index is 0.0404. The monoisotopic (exact) mass is 308 g/mol. The first-order valence-corrected chi connectivity index (χ1v) is 8.16. The van der Waals surface area contributed by atoms with Crippen LogP contribution in [0.4, 0.5) is 6.01 Å². The van der Waals surface area contributed by atoms with E-state index in [9.17, 15) is 0 Å². The fourth-order valence-electron chi connectivity index (χ4n) is 1.91. The maximum absolute atomic E-state index is 5.59. The highest BCUT2D eigenvalue weighted by molar-refractivity contribution is 7.10. The molecule has 21 heavy (non-hydrogen) atoms. The van der Waals surface area contributed by atoms with Gasteiger partial charge in [0.2, 0.25) is 5.89 Å². The molecule has 2 rings (SSSR count). The van der Waals surface area contributed by atoms with Crippen molar-refractivity contribution in [1.29, 1.82) is 0 Å². The molecule has 2 N–H and O–H groups in total. The van der Waals surface area contributed by atoms with Crippen molar-refractivity contribution in [3.05, 3.63) is 28.3 Å². The Morgan fingerprint density at radius 1 is 1.33 bits per heavy atom. The molecule has 0 aliphatic heterocycles. The lowest BCUT2D eigenvalue weighted by atomic mass is 9.91. The number of rotatable bonds is 8. The highest BCUT2D eigenvalue weighted by atomic mass is 32.1. The molecular formula is C15H24N4OS. The van der Waals surface area contributed by atoms with Crippen LogP contribution in [-0.2, 0) is 12.0 Å². The predicted molar refractivity (Wildman–Crippen MR) is 86.7 cm³/mol. The number of nitrogens with one attached hydrogen (secondary N) is 2. The Labute approximate surface area is 130 Å². The largest absolute Gasteiger partial charge is 0.407 e. The molecule has 0 unspecified atom stereocenters. The molecule has 0 radical (unpaired) electrons. The molecule has 0 saturated carbocycles. The van der Waals surface area contributed by atoms with Gasteiger partial charge in [0.25, 0.3) is 0 Å². The summed E-state index contributed by atoms with van der Waals surface area (Å²) in [7, 11) is 0. The maximum atomic E-state index is 5.59. The Morgan fingerprint density at radius 3 is 2.81 bits per heavy atom. The second kappa shape index (κ2) is 7.04. The van der Waals surface area contributed by atoms with Crippen LogP contribution in [0.3, 0.4) is 0 Å². The van der Waals surface area contributed by atoms with Crippen molar-refractivity contribution in [2.75, 3.05) is 18.4 Å². The Hall–Kier alpha value is -1.40. The molecule has 0 aliphatic carbocycles. The van der Waals surface area contributed by atoms with Crippen molar-refractivity contribution < 1.29 is 4.42 Å². The predicted octanol–water partition coefficient (Wildman–Crippen LogP) is 3.27. The van der Waals surface area contributed by atoms with Crippen LogP contribution >= 0.6 is 11.3 Å². The van der Waals surface area contributed by atoms with Crippen molar-refractivity contribution in [3.63, 3.8) is 0 Å². The summed E-state index contributed by atoms with van der Waals surface area (Å²) in [6, 6.07) is 4.72. The number of aromatic nitrogens is 2. The Balaban J connectivity index is 1.82. The third-order valence-corrected chi connectivity index (χ3v) is 4.40. The Morgan fingerprint density at radius 2 is 2.14 bits per heavy atom. The maximum Gasteiger partial charge on any atom is 0.315 e. The zero-order chi connectivity index (χ0) is 15.3. The fourth-order valence-corrected chi connectivity index (χ4v) is 2.76. The average molecular weight is 308 g/mol. The summed E-state index contributed by atoms with van der Waals surface area (Å²) in [4.78, 5) is 1.34. The molecule has 0 aliphatic rings. The molecule has 0 fully saturated rings. The second-order valence-electron chi connectivity index (χ2n) is 6.24. The minimum absolute atomic E-state index is 0.0404. The van der Waals surface area contributed by atoms with Gasteiger partial charge in [-0.1, -0.05) is 38.9 Å². The summed E-state index contributed by atoms with van der Waals surface area (Å²) >= 11 is 1.77. The summed E-state index contributed by atoms with van der Waals surface area (Å²) in [6.07, 6.45) is 0. The topological polar surface area (TPSA) is 63.0 Å². The number of thiophene rings is 1. The van der Waals surface area contributed by atoms with Crippen molar-refractivity contribution >= 4 is 17.4 Å². The number of anilines is 1. The number of hydrogen-bond acceptors (Lipinski definition) is 6. The van der Waals surface area contributed by atoms with Gasteiger partial charge in [0.05, 0.1) is 6.54 Å². The van der Waals surface area contributed by atoms with Crippen LogP contribution in [0.2, 0.25) is 0 Å². The van der Waals surface area contributed by atoms with E-state index in [-0.39, 0.29) is 5.41 Å². The first kappa shape index (κ1) is 16.0. The van der Waals surface area contributed by atoms with E-state index in [4.69, 9.17) is 4.42 Å². The molecule has 6 heteroatoms. The lowest BCUT2D eigenvalue weighted by Gasteiger charge is -2.22. The van der Waals surface area contributed by atoms with Crippen molar-refractivity contribution in [2.45, 2.75) is 39.7 Å². The quantitative estimate of drug-likeness (QED) is 0.783. The first-order valence-electron chi connectivity index (χ1n) is 7.28. The smallest absolute Gasteiger partial charge is 0.315 e. The van der Waals surface area contributed by atoms with Gasteiger partial charge in [-0.25, -0.2) is 0 Å². The molecule has 2 aromatic rings. The minimum Gasteiger partial charge on any atom is -0.407 e. The van der Waals surface area contributed by atoms with Crippen LogP contribution in [0.25, 0.3) is 0 Å². The molecule has 0 atom stereocenters. The number of nitrogens with zero attached hydrogens (tertiary/aromatic N) is 2. The van der Waals surface area contributed by atoms with Crippen LogP contribution in [0.15, 0.2) is 21.9 Å². The van der Waals surface area contributed by atoms with E-state index in [1.165, 1.54) is 4.88 Å². The summed E-state index contributed by atoms with van der Waals surface area (Å²) in [6.45, 7) is 11.0. The van der Waals surface area contributed by atoms with Gasteiger partial charge < -0.3 is 15.1 Å². The molecular weight excluding hydrogens is 284 g/mol. The molecule has 0 aromatic carbocycles. The summed E-state index contributed by atoms with van der Waals surface area (Å²) < 4.78 is 5.59. The van der Waals surface area contributed by atoms with E-state index in [1.54, 1.807) is 11.3 Å². The van der Waals surface area contributed by atoms with E-state index in [0.717, 1.165) is 13.1 Å². The van der Waals surface area contributed by atoms with Gasteiger partial charge in [-0.05, 0) is 23.9 Å². The second-order valence-corrected chi connectivity index (χ2v) is 7.19. The molecule has 116 valence electrons. The van der Waals surface area contributed by atoms with Gasteiger partial charge in [-0.2, -0.15) is 0 Å². The molecule has 2 heterocycles. The molecule has 0 saturated heterocycles. The highest BCUT2D eigenvalue weighted by Crippen LogP contribution is 2.27. The van der Waals surface area contributed by atoms with Crippen molar-refractivity contribution in [2.24, 2.45) is 5.92 Å². The van der Waals surface area contributed by atoms with Gasteiger partial charge >= 0.3 is 6.01 Å². The van der Waals surface area contributed by atoms with Crippen molar-refractivity contribution in [3.8, 4) is 0 Å². The van der Waals surface area contributed by atoms with E-state index < -0.39 is 0 Å². The third-order valence-electron chi connectivity index (χ3n) is 3.17. The lowest BCUT2D eigenvalue weighted by molar-refractivity contribution is 0.454. The van der Waals surface area contributed by atoms with Crippen molar-refractivity contribution in [1.82, 2.24) is 15.5 Å². The molecule has 2 aromatic heterocycles. The fraction of sp³-hybridized carbons (Fsp3) is 0.600. The zero-order valence-electron chi connectivity index (χ0n) is 13.1. The SMILES string of the molecule is CC(C)CNCc1nnc(NCC(C)(C)c2cccs2)o1. The molecule has 0 spiro atoms. The number of hydrogen-bond donors (Lipinski definition) is 2. The summed E-state index contributed by atoms with van der Waals surface area (Å²) in [5.74, 6) is 1.23. The average Bonchev–Trinajstić information content (AvgIpc) is 3.08. The van der Waals surface area contributed by atoms with Gasteiger partial charge in [0, 0.05) is 16.8 Å². The Bertz CT molecular complexity index is 534. The third kappa shape index (κ3) is 4.82. The van der Waals surface area contributed by atoms with E-state index in [2.05, 4.69) is 66.0 Å². The van der Waals surface area contributed by atoms with E-state index in [1.807, 2.05) is 0 Å². The van der Waals surface area contributed by atoms with Crippen LogP contribution in [-0.4, -0.2) is 23.3 Å². The standard InChI is InChI=1S/C15H24N4OS/c1-11(2)8-16-9-13-18-19-14(20-13)17-10-15(3,4)12-6-5-7-21-12/h5-7,11,16H,8-10H2,1-4H3,(H,17,19). The zero-order valence-corrected chi connectivity index (χ0v) is 14.0. The van der Waals surface area contributed by atoms with Crippen LogP contribution < -0.4 is 10.6 Å². The summed E-state index contributed by atoms with van der Waals surface area (Å²) in [5, 5.41) is 16.7. The molecule has 5 nitrogen and oxygen atoms in total. The van der Waals surface area contributed by atoms with Crippen LogP contribution in [0.1, 0.15) is 38.5 Å². The first-order chi connectivity index (χ1) is 9.97. The van der Waals surface area contributed by atoms with Gasteiger partial charge in [-0.15, -0.1) is 16.4 Å². The van der Waals surface area contributed by atoms with Gasteiger partial charge in [0.15, 0.2) is 0 Å². The van der Waals surface area contributed by atoms with Crippen LogP contribution in [0, 0.1) is 5.92 Å². The molecule has 0 amide bonds. The van der Waals surface area contributed by atoms with E-state index >= 15 is 0 Å². The van der Waals surface area contributed by atoms with Gasteiger partial charge in [-0.3, -0.25) is 0 Å². The van der Waals surface area contributed by atoms with E-state index in [0.29, 0.717) is 24.4 Å². The highest BCUT2D eigenvalue weighted by Gasteiger charge is 2.22. The normalized spacial score (nSPS) is 12.0. The molecule has 0 bridgehead atoms. The van der Waals surface area contributed by atoms with Crippen LogP contribution in [0.5, 0.6) is 0 Å². The Kier molecular flexibility index (Phi) is 5.36. The van der Waals surface area contributed by atoms with Gasteiger partial charge in [0.1, 0.15) is 0 Å². The summed E-state index contributed by atoms with van der Waals surface area (Å²) in [5.41, 5.74) is 0.0404. The lowest BCUT2D eigenvalue weighted by Crippen LogP contribution is -2.26.